The zero-order valence-electron chi connectivity index (χ0n) is 11.2. The fraction of sp³-hybridized carbons (Fsp3) is 0.533. The summed E-state index contributed by atoms with van der Waals surface area (Å²) in [5, 5.41) is 19.3. The van der Waals surface area contributed by atoms with Crippen molar-refractivity contribution in [1.82, 2.24) is 0 Å². The molecule has 2 rings (SSSR count). The third-order valence-corrected chi connectivity index (χ3v) is 5.38. The van der Waals surface area contributed by atoms with Gasteiger partial charge in [-0.2, -0.15) is 0 Å². The molecule has 20 heavy (non-hydrogen) atoms. The fourth-order valence-corrected chi connectivity index (χ4v) is 4.22. The molecule has 0 radical (unpaired) electrons. The van der Waals surface area contributed by atoms with Crippen LogP contribution in [0.5, 0.6) is 0 Å². The Morgan fingerprint density at radius 1 is 1.40 bits per heavy atom. The van der Waals surface area contributed by atoms with Gasteiger partial charge in [-0.15, -0.1) is 11.8 Å². The molecule has 1 aliphatic rings. The maximum atomic E-state index is 11.2. The monoisotopic (exact) mass is 358 g/mol. The average Bonchev–Trinajstić information content (AvgIpc) is 2.89. The van der Waals surface area contributed by atoms with Crippen molar-refractivity contribution < 1.29 is 15.0 Å². The lowest BCUT2D eigenvalue weighted by molar-refractivity contribution is 0.0693. The lowest BCUT2D eigenvalue weighted by Gasteiger charge is -2.15. The number of carboxylic acid groups (broad SMARTS) is 1. The highest BCUT2D eigenvalue weighted by Crippen LogP contribution is 2.31. The number of thioether (sulfide) groups is 1. The molecule has 1 fully saturated rings. The first-order valence-corrected chi connectivity index (χ1v) is 8.68. The van der Waals surface area contributed by atoms with Crippen molar-refractivity contribution in [3.05, 3.63) is 28.2 Å². The van der Waals surface area contributed by atoms with Crippen LogP contribution in [0.15, 0.2) is 27.6 Å². The zero-order valence-corrected chi connectivity index (χ0v) is 13.6. The van der Waals surface area contributed by atoms with Crippen LogP contribution in [-0.4, -0.2) is 28.0 Å². The Balaban J connectivity index is 1.92. The van der Waals surface area contributed by atoms with Gasteiger partial charge < -0.3 is 10.2 Å². The highest BCUT2D eigenvalue weighted by molar-refractivity contribution is 9.10. The van der Waals surface area contributed by atoms with Crippen LogP contribution in [0.25, 0.3) is 0 Å². The molecular weight excluding hydrogens is 340 g/mol. The molecule has 5 heteroatoms. The van der Waals surface area contributed by atoms with Gasteiger partial charge in [0.2, 0.25) is 0 Å². The third kappa shape index (κ3) is 4.50. The van der Waals surface area contributed by atoms with Crippen LogP contribution in [0, 0.1) is 5.92 Å². The summed E-state index contributed by atoms with van der Waals surface area (Å²) in [7, 11) is 0. The Bertz CT molecular complexity index is 472. The highest BCUT2D eigenvalue weighted by atomic mass is 79.9. The number of carboxylic acids is 1. The van der Waals surface area contributed by atoms with Gasteiger partial charge in [0.25, 0.3) is 0 Å². The first-order valence-electron chi connectivity index (χ1n) is 6.90. The molecule has 1 atom stereocenters. The molecule has 110 valence electrons. The summed E-state index contributed by atoms with van der Waals surface area (Å²) in [5.74, 6) is 0.269. The van der Waals surface area contributed by atoms with Crippen molar-refractivity contribution in [2.45, 2.75) is 43.1 Å². The zero-order chi connectivity index (χ0) is 14.5. The molecule has 0 bridgehead atoms. The first-order chi connectivity index (χ1) is 9.56. The minimum atomic E-state index is -0.926. The van der Waals surface area contributed by atoms with Crippen LogP contribution < -0.4 is 0 Å². The number of carbonyl (C=O) groups is 1. The van der Waals surface area contributed by atoms with Gasteiger partial charge in [-0.1, -0.05) is 41.6 Å². The Hall–Kier alpha value is -0.520. The quantitative estimate of drug-likeness (QED) is 0.748. The molecule has 2 N–H and O–H groups in total. The first kappa shape index (κ1) is 15.9. The van der Waals surface area contributed by atoms with Crippen molar-refractivity contribution in [3.63, 3.8) is 0 Å². The van der Waals surface area contributed by atoms with Gasteiger partial charge in [-0.3, -0.25) is 0 Å². The van der Waals surface area contributed by atoms with E-state index >= 15 is 0 Å². The van der Waals surface area contributed by atoms with Gasteiger partial charge in [0.1, 0.15) is 0 Å². The van der Waals surface area contributed by atoms with Crippen LogP contribution in [0.2, 0.25) is 0 Å². The third-order valence-electron chi connectivity index (χ3n) is 3.69. The van der Waals surface area contributed by atoms with Crippen molar-refractivity contribution in [2.75, 3.05) is 5.75 Å². The normalized spacial score (nSPS) is 17.3. The number of hydrogen-bond donors (Lipinski definition) is 2. The molecule has 3 nitrogen and oxygen atoms in total. The maximum absolute atomic E-state index is 11.2. The number of halogens is 1. The molecule has 0 aliphatic heterocycles. The van der Waals surface area contributed by atoms with E-state index in [2.05, 4.69) is 15.9 Å². The van der Waals surface area contributed by atoms with E-state index in [1.165, 1.54) is 37.4 Å². The minimum Gasteiger partial charge on any atom is -0.478 e. The number of rotatable bonds is 6. The van der Waals surface area contributed by atoms with E-state index in [1.807, 2.05) is 0 Å². The molecule has 0 aromatic heterocycles. The number of aliphatic hydroxyl groups is 1. The van der Waals surface area contributed by atoms with Gasteiger partial charge in [0.15, 0.2) is 0 Å². The van der Waals surface area contributed by atoms with E-state index in [4.69, 9.17) is 5.11 Å². The van der Waals surface area contributed by atoms with Gasteiger partial charge in [0.05, 0.1) is 11.7 Å². The molecule has 1 unspecified atom stereocenters. The predicted octanol–water partition coefficient (Wildman–Crippen LogP) is 4.18. The number of hydrogen-bond acceptors (Lipinski definition) is 3. The molecule has 0 amide bonds. The number of aromatic carboxylic acids is 1. The van der Waals surface area contributed by atoms with E-state index in [0.29, 0.717) is 22.1 Å². The number of aliphatic hydroxyl groups excluding tert-OH is 1. The molecule has 1 aromatic rings. The standard InChI is InChI=1S/C15H19BrO3S/c16-11-5-6-13(15(18)19)14(8-11)20-9-12(17)7-10-3-1-2-4-10/h5-6,8,10,12,17H,1-4,7,9H2,(H,18,19). The molecular formula is C15H19BrO3S. The Morgan fingerprint density at radius 3 is 2.75 bits per heavy atom. The summed E-state index contributed by atoms with van der Waals surface area (Å²) in [6.45, 7) is 0. The van der Waals surface area contributed by atoms with E-state index in [0.717, 1.165) is 10.9 Å². The number of benzene rings is 1. The van der Waals surface area contributed by atoms with Crippen LogP contribution in [0.4, 0.5) is 0 Å². The average molecular weight is 359 g/mol. The van der Waals surface area contributed by atoms with Gasteiger partial charge >= 0.3 is 5.97 Å². The summed E-state index contributed by atoms with van der Waals surface area (Å²) in [5.41, 5.74) is 0.297. The van der Waals surface area contributed by atoms with Gasteiger partial charge in [-0.05, 0) is 30.5 Å². The van der Waals surface area contributed by atoms with E-state index in [-0.39, 0.29) is 6.10 Å². The second-order valence-electron chi connectivity index (χ2n) is 5.30. The highest BCUT2D eigenvalue weighted by Gasteiger charge is 2.19. The van der Waals surface area contributed by atoms with E-state index in [9.17, 15) is 9.90 Å². The predicted molar refractivity (Wildman–Crippen MR) is 84.4 cm³/mol. The molecule has 1 aromatic carbocycles. The van der Waals surface area contributed by atoms with Crippen molar-refractivity contribution >= 4 is 33.7 Å². The molecule has 1 aliphatic carbocycles. The largest absolute Gasteiger partial charge is 0.478 e. The summed E-state index contributed by atoms with van der Waals surface area (Å²) < 4.78 is 0.857. The second kappa shape index (κ2) is 7.48. The Labute approximate surface area is 131 Å². The van der Waals surface area contributed by atoms with E-state index in [1.54, 1.807) is 18.2 Å². The van der Waals surface area contributed by atoms with Crippen LogP contribution in [0.1, 0.15) is 42.5 Å². The summed E-state index contributed by atoms with van der Waals surface area (Å²) in [4.78, 5) is 11.9. The lowest BCUT2D eigenvalue weighted by Crippen LogP contribution is -2.14. The Kier molecular flexibility index (Phi) is 5.93. The molecule has 1 saturated carbocycles. The summed E-state index contributed by atoms with van der Waals surface area (Å²) >= 11 is 4.77. The van der Waals surface area contributed by atoms with Gasteiger partial charge in [0, 0.05) is 15.1 Å². The van der Waals surface area contributed by atoms with Crippen molar-refractivity contribution in [1.29, 1.82) is 0 Å². The fourth-order valence-electron chi connectivity index (χ4n) is 2.68. The molecule has 0 heterocycles. The summed E-state index contributed by atoms with van der Waals surface area (Å²) in [6.07, 6.45) is 5.48. The molecule has 0 spiro atoms. The smallest absolute Gasteiger partial charge is 0.336 e. The second-order valence-corrected chi connectivity index (χ2v) is 7.27. The maximum Gasteiger partial charge on any atom is 0.336 e. The topological polar surface area (TPSA) is 57.5 Å². The minimum absolute atomic E-state index is 0.297. The van der Waals surface area contributed by atoms with Gasteiger partial charge in [-0.25, -0.2) is 4.79 Å². The van der Waals surface area contributed by atoms with Crippen LogP contribution in [0.3, 0.4) is 0 Å². The lowest BCUT2D eigenvalue weighted by atomic mass is 10.0. The summed E-state index contributed by atoms with van der Waals surface area (Å²) in [6, 6.07) is 5.12. The van der Waals surface area contributed by atoms with E-state index < -0.39 is 5.97 Å². The van der Waals surface area contributed by atoms with Crippen molar-refractivity contribution in [3.8, 4) is 0 Å². The van der Waals surface area contributed by atoms with Crippen LogP contribution >= 0.6 is 27.7 Å². The SMILES string of the molecule is O=C(O)c1ccc(Br)cc1SCC(O)CC1CCCC1. The Morgan fingerprint density at radius 2 is 2.10 bits per heavy atom. The van der Waals surface area contributed by atoms with Crippen LogP contribution in [-0.2, 0) is 0 Å². The van der Waals surface area contributed by atoms with Crippen molar-refractivity contribution in [2.24, 2.45) is 5.92 Å². The molecule has 0 saturated heterocycles.